The normalized spacial score (nSPS) is 17.8. The van der Waals surface area contributed by atoms with Crippen LogP contribution in [0.5, 0.6) is 0 Å². The van der Waals surface area contributed by atoms with Gasteiger partial charge in [0, 0.05) is 5.02 Å². The first-order chi connectivity index (χ1) is 11.0. The molecule has 3 rings (SSSR count). The van der Waals surface area contributed by atoms with Crippen LogP contribution < -0.4 is 5.32 Å². The first-order valence-corrected chi connectivity index (χ1v) is 8.33. The van der Waals surface area contributed by atoms with E-state index in [-0.39, 0.29) is 5.91 Å². The van der Waals surface area contributed by atoms with Crippen LogP contribution in [0.15, 0.2) is 52.4 Å². The van der Waals surface area contributed by atoms with E-state index in [1.165, 1.54) is 17.3 Å². The fourth-order valence-corrected chi connectivity index (χ4v) is 3.19. The van der Waals surface area contributed by atoms with E-state index in [2.05, 4.69) is 16.4 Å². The molecule has 5 heteroatoms. The maximum absolute atomic E-state index is 12.1. The maximum atomic E-state index is 12.1. The molecule has 116 valence electrons. The van der Waals surface area contributed by atoms with Gasteiger partial charge in [-0.2, -0.15) is 0 Å². The number of rotatable bonds is 2. The van der Waals surface area contributed by atoms with Crippen molar-refractivity contribution in [3.8, 4) is 0 Å². The van der Waals surface area contributed by atoms with E-state index in [1.54, 1.807) is 12.1 Å². The zero-order chi connectivity index (χ0) is 16.4. The lowest BCUT2D eigenvalue weighted by atomic mass is 10.1. The summed E-state index contributed by atoms with van der Waals surface area (Å²) < 4.78 is 0. The van der Waals surface area contributed by atoms with Crippen molar-refractivity contribution in [1.29, 1.82) is 0 Å². The van der Waals surface area contributed by atoms with E-state index < -0.39 is 0 Å². The Morgan fingerprint density at radius 1 is 1.13 bits per heavy atom. The zero-order valence-corrected chi connectivity index (χ0v) is 14.3. The third-order valence-corrected chi connectivity index (χ3v) is 4.55. The van der Waals surface area contributed by atoms with Gasteiger partial charge in [-0.1, -0.05) is 41.4 Å². The number of nitrogens with zero attached hydrogens (tertiary/aromatic N) is 1. The molecule has 0 atom stereocenters. The molecule has 0 saturated carbocycles. The molecule has 2 aromatic rings. The first kappa shape index (κ1) is 15.8. The minimum Gasteiger partial charge on any atom is -0.300 e. The molecule has 1 N–H and O–H groups in total. The summed E-state index contributed by atoms with van der Waals surface area (Å²) in [6, 6.07) is 13.4. The number of hydrogen-bond acceptors (Lipinski definition) is 3. The quantitative estimate of drug-likeness (QED) is 0.793. The second kappa shape index (κ2) is 6.60. The maximum Gasteiger partial charge on any atom is 0.264 e. The number of carbonyl (C=O) groups is 1. The lowest BCUT2D eigenvalue weighted by Gasteiger charge is -2.02. The molecule has 2 aromatic carbocycles. The van der Waals surface area contributed by atoms with E-state index in [0.29, 0.717) is 15.1 Å². The number of carbonyl (C=O) groups excluding carboxylic acids is 1. The van der Waals surface area contributed by atoms with Gasteiger partial charge >= 0.3 is 0 Å². The molecule has 0 aliphatic carbocycles. The number of benzene rings is 2. The smallest absolute Gasteiger partial charge is 0.264 e. The number of aliphatic imine (C=N–C) groups is 1. The van der Waals surface area contributed by atoms with Crippen LogP contribution >= 0.6 is 23.4 Å². The molecule has 1 aliphatic rings. The highest BCUT2D eigenvalue weighted by molar-refractivity contribution is 8.18. The Balaban J connectivity index is 1.84. The highest BCUT2D eigenvalue weighted by Gasteiger charge is 2.23. The standard InChI is InChI=1S/C18H15ClN2OS/c1-11-3-8-15(12(2)9-11)20-18-21-17(22)16(23-18)10-13-4-6-14(19)7-5-13/h3-10H,1-2H3,(H,20,21,22)/b16-10+. The van der Waals surface area contributed by atoms with E-state index in [9.17, 15) is 4.79 Å². The Bertz CT molecular complexity index is 825. The molecule has 0 spiro atoms. The third-order valence-electron chi connectivity index (χ3n) is 3.39. The van der Waals surface area contributed by atoms with E-state index in [0.717, 1.165) is 16.8 Å². The predicted molar refractivity (Wildman–Crippen MR) is 98.2 cm³/mol. The van der Waals surface area contributed by atoms with Crippen molar-refractivity contribution in [1.82, 2.24) is 5.32 Å². The van der Waals surface area contributed by atoms with Gasteiger partial charge in [0.2, 0.25) is 0 Å². The first-order valence-electron chi connectivity index (χ1n) is 7.14. The van der Waals surface area contributed by atoms with Crippen LogP contribution in [-0.4, -0.2) is 11.1 Å². The van der Waals surface area contributed by atoms with E-state index in [1.807, 2.05) is 44.2 Å². The minimum atomic E-state index is -0.131. The second-order valence-corrected chi connectivity index (χ2v) is 6.79. The Kier molecular flexibility index (Phi) is 4.55. The lowest BCUT2D eigenvalue weighted by molar-refractivity contribution is -0.115. The molecule has 0 unspecified atom stereocenters. The van der Waals surface area contributed by atoms with Crippen LogP contribution in [0.2, 0.25) is 5.02 Å². The Morgan fingerprint density at radius 3 is 2.57 bits per heavy atom. The zero-order valence-electron chi connectivity index (χ0n) is 12.8. The monoisotopic (exact) mass is 342 g/mol. The predicted octanol–water partition coefficient (Wildman–Crippen LogP) is 4.85. The molecule has 23 heavy (non-hydrogen) atoms. The van der Waals surface area contributed by atoms with Crippen molar-refractivity contribution < 1.29 is 4.79 Å². The molecule has 1 amide bonds. The summed E-state index contributed by atoms with van der Waals surface area (Å²) in [7, 11) is 0. The highest BCUT2D eigenvalue weighted by atomic mass is 35.5. The van der Waals surface area contributed by atoms with Crippen molar-refractivity contribution in [3.05, 3.63) is 69.1 Å². The van der Waals surface area contributed by atoms with Crippen molar-refractivity contribution in [2.24, 2.45) is 4.99 Å². The molecular weight excluding hydrogens is 328 g/mol. The van der Waals surface area contributed by atoms with Gasteiger partial charge in [0.1, 0.15) is 0 Å². The number of halogens is 1. The molecule has 0 bridgehead atoms. The molecule has 1 aliphatic heterocycles. The molecule has 1 heterocycles. The Hall–Kier alpha value is -2.04. The van der Waals surface area contributed by atoms with Crippen molar-refractivity contribution in [2.45, 2.75) is 13.8 Å². The van der Waals surface area contributed by atoms with Crippen molar-refractivity contribution in [3.63, 3.8) is 0 Å². The van der Waals surface area contributed by atoms with Gasteiger partial charge in [-0.3, -0.25) is 4.79 Å². The molecular formula is C18H15ClN2OS. The molecule has 0 aromatic heterocycles. The van der Waals surface area contributed by atoms with Crippen LogP contribution in [0.3, 0.4) is 0 Å². The van der Waals surface area contributed by atoms with Gasteiger partial charge in [-0.05, 0) is 61.0 Å². The van der Waals surface area contributed by atoms with Crippen LogP contribution in [0, 0.1) is 13.8 Å². The summed E-state index contributed by atoms with van der Waals surface area (Å²) in [4.78, 5) is 17.2. The average molecular weight is 343 g/mol. The topological polar surface area (TPSA) is 41.5 Å². The molecule has 0 radical (unpaired) electrons. The van der Waals surface area contributed by atoms with Gasteiger partial charge in [0.15, 0.2) is 5.17 Å². The molecule has 3 nitrogen and oxygen atoms in total. The number of amidine groups is 1. The number of nitrogens with one attached hydrogen (secondary N) is 1. The summed E-state index contributed by atoms with van der Waals surface area (Å²) in [6.07, 6.45) is 1.83. The van der Waals surface area contributed by atoms with Crippen molar-refractivity contribution in [2.75, 3.05) is 0 Å². The van der Waals surface area contributed by atoms with Gasteiger partial charge < -0.3 is 5.32 Å². The molecule has 1 saturated heterocycles. The minimum absolute atomic E-state index is 0.131. The third kappa shape index (κ3) is 3.84. The Labute approximate surface area is 144 Å². The summed E-state index contributed by atoms with van der Waals surface area (Å²) in [5.41, 5.74) is 4.08. The van der Waals surface area contributed by atoms with Crippen molar-refractivity contribution >= 4 is 46.2 Å². The van der Waals surface area contributed by atoms with Crippen LogP contribution in [0.4, 0.5) is 5.69 Å². The van der Waals surface area contributed by atoms with Gasteiger partial charge in [0.25, 0.3) is 5.91 Å². The summed E-state index contributed by atoms with van der Waals surface area (Å²) >= 11 is 7.22. The lowest BCUT2D eigenvalue weighted by Crippen LogP contribution is -2.19. The fourth-order valence-electron chi connectivity index (χ4n) is 2.23. The Morgan fingerprint density at radius 2 is 1.87 bits per heavy atom. The second-order valence-electron chi connectivity index (χ2n) is 5.32. The summed E-state index contributed by atoms with van der Waals surface area (Å²) in [5, 5.41) is 4.08. The average Bonchev–Trinajstić information content (AvgIpc) is 2.84. The summed E-state index contributed by atoms with van der Waals surface area (Å²) in [5.74, 6) is -0.131. The van der Waals surface area contributed by atoms with Crippen LogP contribution in [0.1, 0.15) is 16.7 Å². The van der Waals surface area contributed by atoms with E-state index >= 15 is 0 Å². The SMILES string of the molecule is Cc1ccc(N=C2NC(=O)/C(=C\c3ccc(Cl)cc3)S2)c(C)c1. The van der Waals surface area contributed by atoms with Crippen LogP contribution in [-0.2, 0) is 4.79 Å². The largest absolute Gasteiger partial charge is 0.300 e. The van der Waals surface area contributed by atoms with E-state index in [4.69, 9.17) is 11.6 Å². The van der Waals surface area contributed by atoms with Gasteiger partial charge in [0.05, 0.1) is 10.6 Å². The van der Waals surface area contributed by atoms with Gasteiger partial charge in [-0.15, -0.1) is 0 Å². The van der Waals surface area contributed by atoms with Gasteiger partial charge in [-0.25, -0.2) is 4.99 Å². The number of thioether (sulfide) groups is 1. The number of amides is 1. The van der Waals surface area contributed by atoms with Crippen LogP contribution in [0.25, 0.3) is 6.08 Å². The fraction of sp³-hybridized carbons (Fsp3) is 0.111. The summed E-state index contributed by atoms with van der Waals surface area (Å²) in [6.45, 7) is 4.06. The number of hydrogen-bond donors (Lipinski definition) is 1. The molecule has 1 fully saturated rings. The highest BCUT2D eigenvalue weighted by Crippen LogP contribution is 2.29. The number of aryl methyl sites for hydroxylation is 2.